The van der Waals surface area contributed by atoms with Gasteiger partial charge < -0.3 is 4.74 Å². The molecule has 0 heterocycles. The standard InChI is InChI=1S/C24H25FO3/c1-4-28-23(27)19-10-8-17(21(25)15-19)11-12-22(26)18-9-7-16-6-5-13-24(2,3)20(16)14-18/h7-12,14-15H,4-6,13H2,1-3H3/b12-11+. The van der Waals surface area contributed by atoms with E-state index in [1.807, 2.05) is 18.2 Å². The Hall–Kier alpha value is -2.75. The Labute approximate surface area is 165 Å². The van der Waals surface area contributed by atoms with Crippen LogP contribution in [0.5, 0.6) is 0 Å². The molecule has 0 saturated heterocycles. The van der Waals surface area contributed by atoms with Gasteiger partial charge in [-0.3, -0.25) is 4.79 Å². The van der Waals surface area contributed by atoms with Crippen molar-refractivity contribution in [3.8, 4) is 0 Å². The summed E-state index contributed by atoms with van der Waals surface area (Å²) >= 11 is 0. The van der Waals surface area contributed by atoms with Crippen LogP contribution in [0.4, 0.5) is 4.39 Å². The summed E-state index contributed by atoms with van der Waals surface area (Å²) in [5.41, 5.74) is 3.59. The Kier molecular flexibility index (Phi) is 5.78. The van der Waals surface area contributed by atoms with E-state index in [0.29, 0.717) is 5.56 Å². The number of ether oxygens (including phenoxy) is 1. The molecule has 0 N–H and O–H groups in total. The summed E-state index contributed by atoms with van der Waals surface area (Å²) in [5, 5.41) is 0. The first-order chi connectivity index (χ1) is 13.3. The molecule has 1 aliphatic carbocycles. The summed E-state index contributed by atoms with van der Waals surface area (Å²) in [7, 11) is 0. The van der Waals surface area contributed by atoms with Crippen LogP contribution in [0.3, 0.4) is 0 Å². The minimum atomic E-state index is -0.568. The van der Waals surface area contributed by atoms with Crippen LogP contribution in [-0.4, -0.2) is 18.4 Å². The fourth-order valence-corrected chi connectivity index (χ4v) is 3.70. The fourth-order valence-electron chi connectivity index (χ4n) is 3.70. The predicted molar refractivity (Wildman–Crippen MR) is 108 cm³/mol. The number of esters is 1. The minimum absolute atomic E-state index is 0.0582. The number of fused-ring (bicyclic) bond motifs is 1. The number of carbonyl (C=O) groups is 2. The van der Waals surface area contributed by atoms with Crippen molar-refractivity contribution in [1.29, 1.82) is 0 Å². The van der Waals surface area contributed by atoms with Gasteiger partial charge in [-0.1, -0.05) is 32.0 Å². The predicted octanol–water partition coefficient (Wildman–Crippen LogP) is 5.51. The molecule has 3 rings (SSSR count). The number of benzene rings is 2. The Morgan fingerprint density at radius 3 is 2.61 bits per heavy atom. The van der Waals surface area contributed by atoms with Gasteiger partial charge in [-0.05, 0) is 73.1 Å². The molecule has 4 heteroatoms. The molecule has 146 valence electrons. The Bertz CT molecular complexity index is 941. The van der Waals surface area contributed by atoms with Gasteiger partial charge >= 0.3 is 5.97 Å². The van der Waals surface area contributed by atoms with E-state index in [2.05, 4.69) is 13.8 Å². The molecular formula is C24H25FO3. The zero-order chi connectivity index (χ0) is 20.3. The fraction of sp³-hybridized carbons (Fsp3) is 0.333. The lowest BCUT2D eigenvalue weighted by Crippen LogP contribution is -2.24. The van der Waals surface area contributed by atoms with Crippen LogP contribution in [0.1, 0.15) is 71.0 Å². The molecule has 0 aromatic heterocycles. The SMILES string of the molecule is CCOC(=O)c1ccc(/C=C/C(=O)c2ccc3c(c2)C(C)(C)CCC3)c(F)c1. The summed E-state index contributed by atoms with van der Waals surface area (Å²) in [4.78, 5) is 24.3. The highest BCUT2D eigenvalue weighted by Gasteiger charge is 2.27. The third kappa shape index (κ3) is 4.22. The number of ketones is 1. The average Bonchev–Trinajstić information content (AvgIpc) is 2.66. The highest BCUT2D eigenvalue weighted by Crippen LogP contribution is 2.37. The molecule has 0 fully saturated rings. The topological polar surface area (TPSA) is 43.4 Å². The van der Waals surface area contributed by atoms with Gasteiger partial charge in [0, 0.05) is 11.1 Å². The maximum absolute atomic E-state index is 14.3. The molecule has 2 aromatic rings. The van der Waals surface area contributed by atoms with Gasteiger partial charge in [0.15, 0.2) is 5.78 Å². The molecule has 0 spiro atoms. The molecular weight excluding hydrogens is 355 g/mol. The van der Waals surface area contributed by atoms with Gasteiger partial charge in [-0.15, -0.1) is 0 Å². The van der Waals surface area contributed by atoms with Crippen molar-refractivity contribution < 1.29 is 18.7 Å². The Morgan fingerprint density at radius 1 is 1.14 bits per heavy atom. The molecule has 0 bridgehead atoms. The van der Waals surface area contributed by atoms with E-state index in [1.54, 1.807) is 6.92 Å². The average molecular weight is 380 g/mol. The molecule has 3 nitrogen and oxygen atoms in total. The van der Waals surface area contributed by atoms with Crippen LogP contribution in [0.15, 0.2) is 42.5 Å². The smallest absolute Gasteiger partial charge is 0.338 e. The molecule has 0 aliphatic heterocycles. The molecule has 0 unspecified atom stereocenters. The Morgan fingerprint density at radius 2 is 1.89 bits per heavy atom. The monoisotopic (exact) mass is 380 g/mol. The van der Waals surface area contributed by atoms with E-state index in [0.717, 1.165) is 25.3 Å². The van der Waals surface area contributed by atoms with E-state index in [9.17, 15) is 14.0 Å². The van der Waals surface area contributed by atoms with E-state index in [1.165, 1.54) is 35.4 Å². The summed E-state index contributed by atoms with van der Waals surface area (Å²) in [6.45, 7) is 6.33. The van der Waals surface area contributed by atoms with Crippen molar-refractivity contribution >= 4 is 17.8 Å². The van der Waals surface area contributed by atoms with Crippen molar-refractivity contribution in [1.82, 2.24) is 0 Å². The quantitative estimate of drug-likeness (QED) is 0.390. The summed E-state index contributed by atoms with van der Waals surface area (Å²) < 4.78 is 19.1. The largest absolute Gasteiger partial charge is 0.462 e. The normalized spacial score (nSPS) is 15.3. The first-order valence-corrected chi connectivity index (χ1v) is 9.64. The Balaban J connectivity index is 1.80. The van der Waals surface area contributed by atoms with Crippen LogP contribution in [-0.2, 0) is 16.6 Å². The summed E-state index contributed by atoms with van der Waals surface area (Å²) in [6, 6.07) is 9.94. The highest BCUT2D eigenvalue weighted by atomic mass is 19.1. The summed E-state index contributed by atoms with van der Waals surface area (Å²) in [5.74, 6) is -1.30. The van der Waals surface area contributed by atoms with Crippen LogP contribution in [0, 0.1) is 5.82 Å². The van der Waals surface area contributed by atoms with Crippen molar-refractivity contribution in [3.63, 3.8) is 0 Å². The van der Waals surface area contributed by atoms with Crippen molar-refractivity contribution in [2.75, 3.05) is 6.61 Å². The molecule has 0 saturated carbocycles. The molecule has 1 aliphatic rings. The van der Waals surface area contributed by atoms with Gasteiger partial charge in [-0.25, -0.2) is 9.18 Å². The molecule has 0 atom stereocenters. The zero-order valence-electron chi connectivity index (χ0n) is 16.5. The van der Waals surface area contributed by atoms with Crippen LogP contribution in [0.2, 0.25) is 0 Å². The molecule has 0 amide bonds. The van der Waals surface area contributed by atoms with Gasteiger partial charge in [0.1, 0.15) is 5.82 Å². The van der Waals surface area contributed by atoms with E-state index in [-0.39, 0.29) is 28.9 Å². The first-order valence-electron chi connectivity index (χ1n) is 9.64. The lowest BCUT2D eigenvalue weighted by atomic mass is 9.72. The summed E-state index contributed by atoms with van der Waals surface area (Å²) in [6.07, 6.45) is 6.12. The van der Waals surface area contributed by atoms with Crippen molar-refractivity contribution in [2.45, 2.75) is 45.4 Å². The first kappa shape index (κ1) is 20.0. The number of hydrogen-bond acceptors (Lipinski definition) is 3. The van der Waals surface area contributed by atoms with Gasteiger partial charge in [0.2, 0.25) is 0 Å². The third-order valence-corrected chi connectivity index (χ3v) is 5.30. The maximum Gasteiger partial charge on any atom is 0.338 e. The van der Waals surface area contributed by atoms with Crippen molar-refractivity contribution in [3.05, 3.63) is 76.1 Å². The van der Waals surface area contributed by atoms with E-state index < -0.39 is 11.8 Å². The number of halogens is 1. The molecule has 28 heavy (non-hydrogen) atoms. The van der Waals surface area contributed by atoms with Crippen LogP contribution < -0.4 is 0 Å². The second kappa shape index (κ2) is 8.09. The second-order valence-electron chi connectivity index (χ2n) is 7.76. The van der Waals surface area contributed by atoms with Crippen molar-refractivity contribution in [2.24, 2.45) is 0 Å². The lowest BCUT2D eigenvalue weighted by Gasteiger charge is -2.32. The maximum atomic E-state index is 14.3. The van der Waals surface area contributed by atoms with E-state index in [4.69, 9.17) is 4.74 Å². The highest BCUT2D eigenvalue weighted by molar-refractivity contribution is 6.07. The lowest BCUT2D eigenvalue weighted by molar-refractivity contribution is 0.0525. The molecule has 2 aromatic carbocycles. The van der Waals surface area contributed by atoms with Gasteiger partial charge in [0.25, 0.3) is 0 Å². The number of rotatable bonds is 5. The van der Waals surface area contributed by atoms with Gasteiger partial charge in [0.05, 0.1) is 12.2 Å². The second-order valence-corrected chi connectivity index (χ2v) is 7.76. The van der Waals surface area contributed by atoms with Crippen LogP contribution >= 0.6 is 0 Å². The zero-order valence-corrected chi connectivity index (χ0v) is 16.5. The number of hydrogen-bond donors (Lipinski definition) is 0. The number of carbonyl (C=O) groups excluding carboxylic acids is 2. The molecule has 0 radical (unpaired) electrons. The van der Waals surface area contributed by atoms with E-state index >= 15 is 0 Å². The third-order valence-electron chi connectivity index (χ3n) is 5.30. The van der Waals surface area contributed by atoms with Gasteiger partial charge in [-0.2, -0.15) is 0 Å². The number of aryl methyl sites for hydroxylation is 1. The number of allylic oxidation sites excluding steroid dienone is 1. The van der Waals surface area contributed by atoms with Crippen LogP contribution in [0.25, 0.3) is 6.08 Å². The minimum Gasteiger partial charge on any atom is -0.462 e.